The van der Waals surface area contributed by atoms with Crippen molar-refractivity contribution in [3.63, 3.8) is 0 Å². The number of ether oxygens (including phenoxy) is 1. The van der Waals surface area contributed by atoms with Crippen LogP contribution in [0.5, 0.6) is 0 Å². The summed E-state index contributed by atoms with van der Waals surface area (Å²) in [5, 5.41) is 3.02. The highest BCUT2D eigenvalue weighted by Gasteiger charge is 2.27. The van der Waals surface area contributed by atoms with Gasteiger partial charge in [0, 0.05) is 12.8 Å². The number of phosphoric acid groups is 1. The van der Waals surface area contributed by atoms with Gasteiger partial charge in [0.25, 0.3) is 7.82 Å². The maximum Gasteiger partial charge on any atom is 0.306 e. The van der Waals surface area contributed by atoms with Crippen LogP contribution in [0.15, 0.2) is 24.3 Å². The Morgan fingerprint density at radius 2 is 0.795 bits per heavy atom. The van der Waals surface area contributed by atoms with Crippen LogP contribution >= 0.6 is 7.82 Å². The summed E-state index contributed by atoms with van der Waals surface area (Å²) in [5.41, 5.74) is 0. The van der Waals surface area contributed by atoms with Gasteiger partial charge in [-0.2, -0.15) is 0 Å². The third kappa shape index (κ3) is 55.1. The van der Waals surface area contributed by atoms with Crippen molar-refractivity contribution >= 4 is 19.7 Å². The average Bonchev–Trinajstić information content (AvgIpc) is 3.35. The van der Waals surface area contributed by atoms with Gasteiger partial charge in [-0.05, 0) is 57.4 Å². The van der Waals surface area contributed by atoms with Crippen LogP contribution in [0, 0.1) is 0 Å². The van der Waals surface area contributed by atoms with Gasteiger partial charge in [0.1, 0.15) is 19.3 Å². The van der Waals surface area contributed by atoms with E-state index in [0.29, 0.717) is 17.4 Å². The van der Waals surface area contributed by atoms with Crippen LogP contribution in [0.1, 0.15) is 316 Å². The topological polar surface area (TPSA) is 114 Å². The van der Waals surface area contributed by atoms with Crippen LogP contribution in [0.3, 0.4) is 0 Å². The number of nitrogens with one attached hydrogen (secondary N) is 1. The minimum atomic E-state index is -4.69. The normalized spacial score (nSPS) is 13.8. The van der Waals surface area contributed by atoms with Gasteiger partial charge in [-0.15, -0.1) is 0 Å². The molecular weight excluding hydrogens is 928 g/mol. The van der Waals surface area contributed by atoms with Crippen molar-refractivity contribution < 1.29 is 37.3 Å². The van der Waals surface area contributed by atoms with E-state index in [4.69, 9.17) is 13.8 Å². The molecule has 0 rings (SSSR count). The lowest BCUT2D eigenvalue weighted by atomic mass is 10.0. The van der Waals surface area contributed by atoms with Gasteiger partial charge < -0.3 is 28.5 Å². The average molecular weight is 1050 g/mol. The lowest BCUT2D eigenvalue weighted by Gasteiger charge is -2.30. The molecule has 432 valence electrons. The highest BCUT2D eigenvalue weighted by Crippen LogP contribution is 2.38. The van der Waals surface area contributed by atoms with Crippen LogP contribution in [0.2, 0.25) is 0 Å². The standard InChI is InChI=1S/C63H123N2O7P/c1-7-10-13-16-19-22-25-27-28-29-30-31-32-33-34-35-36-38-41-44-47-50-53-56-63(67)72-61(54-51-48-45-42-39-24-21-18-15-12-9-3)60(59-71-73(68,69)70-58-57-65(4,5)6)64-62(66)55-52-49-46-43-40-37-26-23-20-17-14-11-8-2/h37,40,51,54,60-61H,7-36,38-39,41-50,52-53,55-59H2,1-6H3,(H-,64,66,68,69)/b40-37-,54-51-. The molecule has 3 atom stereocenters. The number of rotatable bonds is 58. The van der Waals surface area contributed by atoms with Crippen molar-refractivity contribution in [2.45, 2.75) is 328 Å². The number of likely N-dealkylation sites (N-methyl/N-ethyl adjacent to an activating group) is 1. The smallest absolute Gasteiger partial charge is 0.306 e. The molecule has 0 radical (unpaired) electrons. The first kappa shape index (κ1) is 71.5. The monoisotopic (exact) mass is 1050 g/mol. The predicted octanol–water partition coefficient (Wildman–Crippen LogP) is 18.7. The molecular formula is C63H123N2O7P. The summed E-state index contributed by atoms with van der Waals surface area (Å²) in [7, 11) is 1.19. The zero-order chi connectivity index (χ0) is 53.6. The van der Waals surface area contributed by atoms with Crippen molar-refractivity contribution in [2.24, 2.45) is 0 Å². The van der Waals surface area contributed by atoms with Crippen LogP contribution < -0.4 is 10.2 Å². The van der Waals surface area contributed by atoms with E-state index in [1.165, 1.54) is 212 Å². The summed E-state index contributed by atoms with van der Waals surface area (Å²) >= 11 is 0. The van der Waals surface area contributed by atoms with Gasteiger partial charge >= 0.3 is 5.97 Å². The van der Waals surface area contributed by atoms with E-state index in [1.54, 1.807) is 0 Å². The van der Waals surface area contributed by atoms with E-state index in [0.717, 1.165) is 70.6 Å². The number of unbranched alkanes of at least 4 members (excludes halogenated alkanes) is 40. The molecule has 1 amide bonds. The Balaban J connectivity index is 5.08. The van der Waals surface area contributed by atoms with E-state index in [-0.39, 0.29) is 31.5 Å². The number of quaternary nitrogens is 1. The van der Waals surface area contributed by atoms with Crippen molar-refractivity contribution in [1.29, 1.82) is 0 Å². The number of hydrogen-bond donors (Lipinski definition) is 1. The summed E-state index contributed by atoms with van der Waals surface area (Å²) in [4.78, 5) is 39.9. The van der Waals surface area contributed by atoms with E-state index >= 15 is 0 Å². The Hall–Kier alpha value is -1.51. The molecule has 0 aliphatic carbocycles. The minimum absolute atomic E-state index is 0.0217. The Morgan fingerprint density at radius 3 is 1.18 bits per heavy atom. The lowest BCUT2D eigenvalue weighted by molar-refractivity contribution is -0.870. The quantitative estimate of drug-likeness (QED) is 0.0212. The van der Waals surface area contributed by atoms with Crippen LogP contribution in [0.25, 0.3) is 0 Å². The molecule has 0 fully saturated rings. The van der Waals surface area contributed by atoms with E-state index < -0.39 is 20.0 Å². The molecule has 10 heteroatoms. The molecule has 0 aromatic rings. The second-order valence-corrected chi connectivity index (χ2v) is 24.3. The molecule has 0 heterocycles. The lowest BCUT2D eigenvalue weighted by Crippen LogP contribution is -2.47. The molecule has 0 saturated heterocycles. The first-order valence-corrected chi connectivity index (χ1v) is 33.1. The molecule has 0 saturated carbocycles. The predicted molar refractivity (Wildman–Crippen MR) is 312 cm³/mol. The van der Waals surface area contributed by atoms with Gasteiger partial charge in [0.2, 0.25) is 5.91 Å². The minimum Gasteiger partial charge on any atom is -0.756 e. The van der Waals surface area contributed by atoms with Crippen LogP contribution in [-0.2, 0) is 27.9 Å². The zero-order valence-electron chi connectivity index (χ0n) is 49.4. The first-order valence-electron chi connectivity index (χ1n) is 31.6. The molecule has 0 bridgehead atoms. The first-order chi connectivity index (χ1) is 35.4. The number of amides is 1. The number of allylic oxidation sites excluding steroid dienone is 3. The van der Waals surface area contributed by atoms with E-state index in [9.17, 15) is 19.0 Å². The maximum absolute atomic E-state index is 13.5. The van der Waals surface area contributed by atoms with E-state index in [1.807, 2.05) is 33.3 Å². The molecule has 73 heavy (non-hydrogen) atoms. The fourth-order valence-electron chi connectivity index (χ4n) is 9.46. The third-order valence-corrected chi connectivity index (χ3v) is 15.3. The largest absolute Gasteiger partial charge is 0.756 e. The molecule has 9 nitrogen and oxygen atoms in total. The number of phosphoric ester groups is 1. The second kappa shape index (κ2) is 53.9. The third-order valence-electron chi connectivity index (χ3n) is 14.4. The van der Waals surface area contributed by atoms with Gasteiger partial charge in [-0.25, -0.2) is 0 Å². The van der Waals surface area contributed by atoms with Crippen LogP contribution in [-0.4, -0.2) is 69.4 Å². The fourth-order valence-corrected chi connectivity index (χ4v) is 10.2. The summed E-state index contributed by atoms with van der Waals surface area (Å²) in [5.74, 6) is -0.545. The Kier molecular flexibility index (Phi) is 52.8. The number of hydrogen-bond acceptors (Lipinski definition) is 7. The fraction of sp³-hybridized carbons (Fsp3) is 0.905. The summed E-state index contributed by atoms with van der Waals surface area (Å²) in [6, 6.07) is -0.889. The van der Waals surface area contributed by atoms with Crippen molar-refractivity contribution in [2.75, 3.05) is 40.9 Å². The summed E-state index contributed by atoms with van der Waals surface area (Å²) in [6.07, 6.45) is 63.0. The van der Waals surface area contributed by atoms with Gasteiger partial charge in [-0.3, -0.25) is 14.2 Å². The van der Waals surface area contributed by atoms with E-state index in [2.05, 4.69) is 38.2 Å². The zero-order valence-corrected chi connectivity index (χ0v) is 50.3. The molecule has 0 aromatic carbocycles. The number of carbonyl (C=O) groups excluding carboxylic acids is 2. The number of carbonyl (C=O) groups is 2. The highest BCUT2D eigenvalue weighted by molar-refractivity contribution is 7.45. The number of nitrogens with zero attached hydrogens (tertiary/aromatic N) is 1. The summed E-state index contributed by atoms with van der Waals surface area (Å²) in [6.45, 7) is 6.86. The van der Waals surface area contributed by atoms with Gasteiger partial charge in [0.15, 0.2) is 0 Å². The highest BCUT2D eigenvalue weighted by atomic mass is 31.2. The number of esters is 1. The van der Waals surface area contributed by atoms with Crippen molar-refractivity contribution in [3.8, 4) is 0 Å². The molecule has 3 unspecified atom stereocenters. The van der Waals surface area contributed by atoms with Crippen LogP contribution in [0.4, 0.5) is 0 Å². The molecule has 0 aliphatic heterocycles. The molecule has 0 aromatic heterocycles. The molecule has 0 aliphatic rings. The Labute approximate surface area is 454 Å². The van der Waals surface area contributed by atoms with Gasteiger partial charge in [-0.1, -0.05) is 270 Å². The SMILES string of the molecule is CCCCCCCC/C=C\CCCCCC(=O)NC(COP(=O)([O-])OCC[N+](C)(C)C)C(/C=C\CCCCCCCCCCC)OC(=O)CCCCCCCCCCCCCCCCCCCCCCCCC. The van der Waals surface area contributed by atoms with Gasteiger partial charge in [0.05, 0.1) is 33.8 Å². The Bertz CT molecular complexity index is 1300. The summed E-state index contributed by atoms with van der Waals surface area (Å²) < 4.78 is 30.3. The Morgan fingerprint density at radius 1 is 0.466 bits per heavy atom. The molecule has 1 N–H and O–H groups in total. The maximum atomic E-state index is 13.5. The van der Waals surface area contributed by atoms with Crippen molar-refractivity contribution in [1.82, 2.24) is 5.32 Å². The van der Waals surface area contributed by atoms with Crippen molar-refractivity contribution in [3.05, 3.63) is 24.3 Å². The molecule has 0 spiro atoms. The second-order valence-electron chi connectivity index (χ2n) is 22.9.